The molecule has 1 fully saturated rings. The van der Waals surface area contributed by atoms with Crippen molar-refractivity contribution in [1.29, 1.82) is 0 Å². The highest BCUT2D eigenvalue weighted by atomic mass is 19.1. The van der Waals surface area contributed by atoms with Gasteiger partial charge in [-0.3, -0.25) is 9.88 Å². The Morgan fingerprint density at radius 2 is 1.82 bits per heavy atom. The number of hydrogen-bond acceptors (Lipinski definition) is 6. The molecule has 0 bridgehead atoms. The highest BCUT2D eigenvalue weighted by Gasteiger charge is 2.27. The Bertz CT molecular complexity index is 1120. The van der Waals surface area contributed by atoms with Crippen LogP contribution in [0.5, 0.6) is 11.6 Å². The molecule has 2 aromatic heterocycles. The lowest BCUT2D eigenvalue weighted by atomic mass is 9.99. The molecule has 8 heteroatoms. The normalized spacial score (nSPS) is 17.1. The number of ether oxygens (including phenoxy) is 1. The first-order chi connectivity index (χ1) is 16.0. The van der Waals surface area contributed by atoms with E-state index >= 15 is 0 Å². The molecule has 0 unspecified atom stereocenters. The van der Waals surface area contributed by atoms with Crippen molar-refractivity contribution in [3.8, 4) is 11.6 Å². The van der Waals surface area contributed by atoms with Crippen LogP contribution in [-0.2, 0) is 19.5 Å². The second-order valence-electron chi connectivity index (χ2n) is 8.92. The van der Waals surface area contributed by atoms with Gasteiger partial charge in [0, 0.05) is 57.6 Å². The van der Waals surface area contributed by atoms with Crippen molar-refractivity contribution in [3.05, 3.63) is 71.2 Å². The SMILES string of the molecule is CC1CCN(c2nc3c(c(Oc4ccc(F)cc4F)n2)CN(Cc2ccncc2)CC3)CC1. The van der Waals surface area contributed by atoms with Crippen molar-refractivity contribution >= 4 is 5.95 Å². The number of piperidine rings is 1. The summed E-state index contributed by atoms with van der Waals surface area (Å²) in [5, 5.41) is 0. The first-order valence-corrected chi connectivity index (χ1v) is 11.4. The molecule has 33 heavy (non-hydrogen) atoms. The predicted octanol–water partition coefficient (Wildman–Crippen LogP) is 4.74. The van der Waals surface area contributed by atoms with Crippen LogP contribution in [0.2, 0.25) is 0 Å². The first-order valence-electron chi connectivity index (χ1n) is 11.4. The topological polar surface area (TPSA) is 54.4 Å². The zero-order valence-corrected chi connectivity index (χ0v) is 18.7. The van der Waals surface area contributed by atoms with Gasteiger partial charge in [0.1, 0.15) is 5.82 Å². The molecular formula is C25H27F2N5O. The minimum Gasteiger partial charge on any atom is -0.435 e. The number of halogens is 2. The highest BCUT2D eigenvalue weighted by molar-refractivity contribution is 5.44. The molecule has 2 aliphatic heterocycles. The zero-order chi connectivity index (χ0) is 22.8. The molecule has 172 valence electrons. The number of nitrogens with zero attached hydrogens (tertiary/aromatic N) is 5. The molecule has 6 nitrogen and oxygen atoms in total. The van der Waals surface area contributed by atoms with Crippen LogP contribution < -0.4 is 9.64 Å². The van der Waals surface area contributed by atoms with Gasteiger partial charge in [-0.25, -0.2) is 13.8 Å². The van der Waals surface area contributed by atoms with Gasteiger partial charge in [0.05, 0.1) is 11.3 Å². The summed E-state index contributed by atoms with van der Waals surface area (Å²) in [6, 6.07) is 7.31. The molecule has 0 spiro atoms. The lowest BCUT2D eigenvalue weighted by Gasteiger charge is -2.33. The lowest BCUT2D eigenvalue weighted by Crippen LogP contribution is -2.36. The highest BCUT2D eigenvalue weighted by Crippen LogP contribution is 2.33. The fraction of sp³-hybridized carbons (Fsp3) is 0.400. The minimum absolute atomic E-state index is 0.0400. The van der Waals surface area contributed by atoms with Crippen molar-refractivity contribution in [1.82, 2.24) is 19.9 Å². The number of hydrogen-bond donors (Lipinski definition) is 0. The van der Waals surface area contributed by atoms with Crippen LogP contribution in [0.3, 0.4) is 0 Å². The standard InChI is InChI=1S/C25H27F2N5O/c1-17-6-12-32(13-7-17)25-29-22-8-11-31(15-18-4-9-28-10-5-18)16-20(22)24(30-25)33-23-3-2-19(26)14-21(23)27/h2-5,9-10,14,17H,6-8,11-13,15-16H2,1H3. The average Bonchev–Trinajstić information content (AvgIpc) is 2.82. The van der Waals surface area contributed by atoms with E-state index < -0.39 is 11.6 Å². The van der Waals surface area contributed by atoms with Crippen molar-refractivity contribution < 1.29 is 13.5 Å². The molecule has 2 aliphatic rings. The Hall–Kier alpha value is -3.13. The van der Waals surface area contributed by atoms with Gasteiger partial charge < -0.3 is 9.64 Å². The largest absolute Gasteiger partial charge is 0.435 e. The van der Waals surface area contributed by atoms with Crippen LogP contribution in [0.25, 0.3) is 0 Å². The van der Waals surface area contributed by atoms with Gasteiger partial charge in [-0.2, -0.15) is 4.98 Å². The smallest absolute Gasteiger partial charge is 0.229 e. The summed E-state index contributed by atoms with van der Waals surface area (Å²) >= 11 is 0. The van der Waals surface area contributed by atoms with E-state index in [1.807, 2.05) is 12.1 Å². The van der Waals surface area contributed by atoms with E-state index in [-0.39, 0.29) is 5.75 Å². The Balaban J connectivity index is 1.46. The molecule has 0 aliphatic carbocycles. The Labute approximate surface area is 192 Å². The van der Waals surface area contributed by atoms with Crippen LogP contribution in [0.4, 0.5) is 14.7 Å². The van der Waals surface area contributed by atoms with Gasteiger partial charge in [0.25, 0.3) is 0 Å². The van der Waals surface area contributed by atoms with Gasteiger partial charge in [0.15, 0.2) is 11.6 Å². The number of rotatable bonds is 5. The van der Waals surface area contributed by atoms with Crippen LogP contribution in [-0.4, -0.2) is 39.5 Å². The van der Waals surface area contributed by atoms with Crippen molar-refractivity contribution in [3.63, 3.8) is 0 Å². The van der Waals surface area contributed by atoms with Crippen LogP contribution in [0.1, 0.15) is 36.6 Å². The molecule has 5 rings (SSSR count). The number of fused-ring (bicyclic) bond motifs is 1. The van der Waals surface area contributed by atoms with Crippen molar-refractivity contribution in [2.45, 2.75) is 39.3 Å². The summed E-state index contributed by atoms with van der Waals surface area (Å²) in [5.41, 5.74) is 2.95. The number of benzene rings is 1. The minimum atomic E-state index is -0.750. The van der Waals surface area contributed by atoms with E-state index in [1.54, 1.807) is 12.4 Å². The van der Waals surface area contributed by atoms with Gasteiger partial charge in [-0.05, 0) is 48.6 Å². The molecule has 0 amide bonds. The molecule has 1 aromatic carbocycles. The van der Waals surface area contributed by atoms with Crippen LogP contribution >= 0.6 is 0 Å². The van der Waals surface area contributed by atoms with E-state index in [0.29, 0.717) is 24.3 Å². The fourth-order valence-electron chi connectivity index (χ4n) is 4.41. The van der Waals surface area contributed by atoms with E-state index in [0.717, 1.165) is 62.8 Å². The van der Waals surface area contributed by atoms with Gasteiger partial charge in [-0.1, -0.05) is 6.92 Å². The second-order valence-corrected chi connectivity index (χ2v) is 8.92. The number of aromatic nitrogens is 3. The monoisotopic (exact) mass is 451 g/mol. The summed E-state index contributed by atoms with van der Waals surface area (Å²) in [4.78, 5) is 18.2. The van der Waals surface area contributed by atoms with E-state index in [4.69, 9.17) is 14.7 Å². The number of anilines is 1. The summed E-state index contributed by atoms with van der Waals surface area (Å²) < 4.78 is 33.8. The summed E-state index contributed by atoms with van der Waals surface area (Å²) in [7, 11) is 0. The third-order valence-corrected chi connectivity index (χ3v) is 6.41. The Kier molecular flexibility index (Phi) is 6.17. The average molecular weight is 452 g/mol. The molecule has 1 saturated heterocycles. The zero-order valence-electron chi connectivity index (χ0n) is 18.7. The molecule has 0 N–H and O–H groups in total. The summed E-state index contributed by atoms with van der Waals surface area (Å²) in [6.45, 7) is 6.24. The maximum atomic E-state index is 14.4. The van der Waals surface area contributed by atoms with Gasteiger partial charge >= 0.3 is 0 Å². The summed E-state index contributed by atoms with van der Waals surface area (Å²) in [5.74, 6) is 0.224. The molecule has 0 radical (unpaired) electrons. The third-order valence-electron chi connectivity index (χ3n) is 6.41. The van der Waals surface area contributed by atoms with Crippen molar-refractivity contribution in [2.75, 3.05) is 24.5 Å². The maximum Gasteiger partial charge on any atom is 0.229 e. The van der Waals surface area contributed by atoms with E-state index in [2.05, 4.69) is 21.7 Å². The molecule has 0 atom stereocenters. The maximum absolute atomic E-state index is 14.4. The summed E-state index contributed by atoms with van der Waals surface area (Å²) in [6.07, 6.45) is 6.50. The molecule has 4 heterocycles. The molecule has 0 saturated carbocycles. The number of pyridine rings is 1. The van der Waals surface area contributed by atoms with Crippen LogP contribution in [0, 0.1) is 17.6 Å². The fourth-order valence-corrected chi connectivity index (χ4v) is 4.41. The predicted molar refractivity (Wildman–Crippen MR) is 121 cm³/mol. The molecule has 3 aromatic rings. The second kappa shape index (κ2) is 9.39. The van der Waals surface area contributed by atoms with E-state index in [9.17, 15) is 8.78 Å². The van der Waals surface area contributed by atoms with Crippen molar-refractivity contribution in [2.24, 2.45) is 5.92 Å². The van der Waals surface area contributed by atoms with E-state index in [1.165, 1.54) is 17.7 Å². The van der Waals surface area contributed by atoms with Gasteiger partial charge in [-0.15, -0.1) is 0 Å². The molecular weight excluding hydrogens is 424 g/mol. The lowest BCUT2D eigenvalue weighted by molar-refractivity contribution is 0.237. The quantitative estimate of drug-likeness (QED) is 0.559. The Morgan fingerprint density at radius 3 is 2.58 bits per heavy atom. The Morgan fingerprint density at radius 1 is 1.03 bits per heavy atom. The third kappa shape index (κ3) is 4.95. The van der Waals surface area contributed by atoms with Crippen LogP contribution in [0.15, 0.2) is 42.7 Å². The van der Waals surface area contributed by atoms with Gasteiger partial charge in [0.2, 0.25) is 11.8 Å². The first kappa shape index (κ1) is 21.7.